The van der Waals surface area contributed by atoms with Gasteiger partial charge in [-0.3, -0.25) is 4.79 Å². The molecule has 0 atom stereocenters. The molecule has 1 saturated heterocycles. The third-order valence-electron chi connectivity index (χ3n) is 3.21. The van der Waals surface area contributed by atoms with Gasteiger partial charge >= 0.3 is 0 Å². The number of hydrogen-bond acceptors (Lipinski definition) is 3. The zero-order valence-corrected chi connectivity index (χ0v) is 12.0. The molecule has 5 heteroatoms. The van der Waals surface area contributed by atoms with Gasteiger partial charge in [-0.2, -0.15) is 0 Å². The average molecular weight is 285 g/mol. The second-order valence-electron chi connectivity index (χ2n) is 4.58. The van der Waals surface area contributed by atoms with E-state index in [0.717, 1.165) is 31.1 Å². The van der Waals surface area contributed by atoms with Crippen LogP contribution in [0.5, 0.6) is 5.75 Å². The number of anilines is 1. The Hall–Kier alpha value is -1.26. The zero-order chi connectivity index (χ0) is 12.8. The number of nitrogens with one attached hydrogen (secondary N) is 1. The molecule has 0 radical (unpaired) electrons. The highest BCUT2D eigenvalue weighted by molar-refractivity contribution is 5.91. The van der Waals surface area contributed by atoms with Crippen LogP contribution in [0.1, 0.15) is 19.3 Å². The maximum atomic E-state index is 11.8. The standard InChI is InChI=1S/C14H20N2O2.ClH/c1-18-13-6-4-5-12(11-13)15-14(17)7-10-16-8-2-3-9-16;/h4-6,11H,2-3,7-10H2,1H3,(H,15,17);1H. The Kier molecular flexibility index (Phi) is 6.67. The van der Waals surface area contributed by atoms with E-state index in [1.165, 1.54) is 12.8 Å². The smallest absolute Gasteiger partial charge is 0.225 e. The van der Waals surface area contributed by atoms with Crippen LogP contribution < -0.4 is 10.1 Å². The van der Waals surface area contributed by atoms with E-state index in [9.17, 15) is 4.79 Å². The second kappa shape index (κ2) is 8.02. The van der Waals surface area contributed by atoms with Crippen molar-refractivity contribution in [2.24, 2.45) is 0 Å². The van der Waals surface area contributed by atoms with Crippen molar-refractivity contribution in [3.05, 3.63) is 24.3 Å². The molecule has 19 heavy (non-hydrogen) atoms. The van der Waals surface area contributed by atoms with E-state index in [1.54, 1.807) is 7.11 Å². The Bertz CT molecular complexity index is 406. The molecule has 0 unspecified atom stereocenters. The van der Waals surface area contributed by atoms with Crippen molar-refractivity contribution >= 4 is 24.0 Å². The van der Waals surface area contributed by atoms with Crippen molar-refractivity contribution in [2.45, 2.75) is 19.3 Å². The van der Waals surface area contributed by atoms with E-state index in [0.29, 0.717) is 6.42 Å². The number of benzene rings is 1. The van der Waals surface area contributed by atoms with Crippen molar-refractivity contribution in [3.8, 4) is 5.75 Å². The number of carbonyl (C=O) groups excluding carboxylic acids is 1. The summed E-state index contributed by atoms with van der Waals surface area (Å²) in [4.78, 5) is 14.1. The molecular weight excluding hydrogens is 264 g/mol. The van der Waals surface area contributed by atoms with Gasteiger partial charge in [0.25, 0.3) is 0 Å². The van der Waals surface area contributed by atoms with Crippen molar-refractivity contribution in [2.75, 3.05) is 32.1 Å². The molecule has 0 aromatic heterocycles. The first-order valence-electron chi connectivity index (χ1n) is 6.44. The lowest BCUT2D eigenvalue weighted by Gasteiger charge is -2.14. The topological polar surface area (TPSA) is 41.6 Å². The maximum absolute atomic E-state index is 11.8. The number of methoxy groups -OCH3 is 1. The first-order valence-corrected chi connectivity index (χ1v) is 6.44. The van der Waals surface area contributed by atoms with Gasteiger partial charge < -0.3 is 15.0 Å². The number of halogens is 1. The molecule has 1 fully saturated rings. The van der Waals surface area contributed by atoms with E-state index >= 15 is 0 Å². The summed E-state index contributed by atoms with van der Waals surface area (Å²) in [5.41, 5.74) is 0.792. The summed E-state index contributed by atoms with van der Waals surface area (Å²) in [6.07, 6.45) is 3.08. The molecule has 0 bridgehead atoms. The Morgan fingerprint density at radius 2 is 2.11 bits per heavy atom. The van der Waals surface area contributed by atoms with E-state index in [-0.39, 0.29) is 18.3 Å². The Balaban J connectivity index is 0.00000180. The largest absolute Gasteiger partial charge is 0.497 e. The normalized spacial score (nSPS) is 14.8. The summed E-state index contributed by atoms with van der Waals surface area (Å²) >= 11 is 0. The van der Waals surface area contributed by atoms with Gasteiger partial charge in [0, 0.05) is 24.7 Å². The number of rotatable bonds is 5. The lowest BCUT2D eigenvalue weighted by Crippen LogP contribution is -2.25. The molecule has 0 saturated carbocycles. The van der Waals surface area contributed by atoms with Gasteiger partial charge in [0.2, 0.25) is 5.91 Å². The van der Waals surface area contributed by atoms with Gasteiger partial charge in [-0.1, -0.05) is 6.07 Å². The van der Waals surface area contributed by atoms with Crippen LogP contribution in [0.3, 0.4) is 0 Å². The SMILES string of the molecule is COc1cccc(NC(=O)CCN2CCCC2)c1.Cl. The monoisotopic (exact) mass is 284 g/mol. The highest BCUT2D eigenvalue weighted by Gasteiger charge is 2.12. The van der Waals surface area contributed by atoms with Gasteiger partial charge in [0.15, 0.2) is 0 Å². The third kappa shape index (κ3) is 5.09. The van der Waals surface area contributed by atoms with Gasteiger partial charge in [0.1, 0.15) is 5.75 Å². The predicted molar refractivity (Wildman–Crippen MR) is 79.2 cm³/mol. The van der Waals surface area contributed by atoms with Crippen molar-refractivity contribution < 1.29 is 9.53 Å². The maximum Gasteiger partial charge on any atom is 0.225 e. The first kappa shape index (κ1) is 15.8. The predicted octanol–water partition coefficient (Wildman–Crippen LogP) is 2.54. The van der Waals surface area contributed by atoms with Crippen LogP contribution in [0, 0.1) is 0 Å². The van der Waals surface area contributed by atoms with Crippen LogP contribution in [-0.4, -0.2) is 37.6 Å². The fraction of sp³-hybridized carbons (Fsp3) is 0.500. The summed E-state index contributed by atoms with van der Waals surface area (Å²) in [5.74, 6) is 0.822. The Labute approximate surface area is 120 Å². The van der Waals surface area contributed by atoms with Crippen LogP contribution in [0.15, 0.2) is 24.3 Å². The van der Waals surface area contributed by atoms with Crippen molar-refractivity contribution in [1.29, 1.82) is 0 Å². The average Bonchev–Trinajstić information content (AvgIpc) is 2.90. The van der Waals surface area contributed by atoms with Gasteiger partial charge in [-0.25, -0.2) is 0 Å². The van der Waals surface area contributed by atoms with Crippen LogP contribution >= 0.6 is 12.4 Å². The molecule has 1 amide bonds. The summed E-state index contributed by atoms with van der Waals surface area (Å²) in [6, 6.07) is 7.43. The number of nitrogens with zero attached hydrogens (tertiary/aromatic N) is 1. The summed E-state index contributed by atoms with van der Waals surface area (Å²) in [6.45, 7) is 3.12. The molecule has 1 aromatic rings. The molecule has 4 nitrogen and oxygen atoms in total. The van der Waals surface area contributed by atoms with Crippen molar-refractivity contribution in [3.63, 3.8) is 0 Å². The Morgan fingerprint density at radius 1 is 1.37 bits per heavy atom. The molecule has 1 aliphatic heterocycles. The fourth-order valence-corrected chi connectivity index (χ4v) is 2.19. The summed E-state index contributed by atoms with van der Waals surface area (Å²) in [7, 11) is 1.62. The van der Waals surface area contributed by atoms with Crippen LogP contribution in [0.4, 0.5) is 5.69 Å². The Morgan fingerprint density at radius 3 is 2.79 bits per heavy atom. The molecule has 1 heterocycles. The van der Waals surface area contributed by atoms with Crippen LogP contribution in [0.25, 0.3) is 0 Å². The van der Waals surface area contributed by atoms with Gasteiger partial charge in [-0.05, 0) is 38.1 Å². The van der Waals surface area contributed by atoms with Crippen LogP contribution in [0.2, 0.25) is 0 Å². The number of carbonyl (C=O) groups is 1. The number of likely N-dealkylation sites (tertiary alicyclic amines) is 1. The van der Waals surface area contributed by atoms with Crippen molar-refractivity contribution in [1.82, 2.24) is 4.90 Å². The first-order chi connectivity index (χ1) is 8.78. The molecule has 0 aliphatic carbocycles. The summed E-state index contributed by atoms with van der Waals surface area (Å²) in [5, 5.41) is 2.89. The summed E-state index contributed by atoms with van der Waals surface area (Å²) < 4.78 is 5.12. The minimum absolute atomic E-state index is 0. The highest BCUT2D eigenvalue weighted by Crippen LogP contribution is 2.17. The highest BCUT2D eigenvalue weighted by atomic mass is 35.5. The van der Waals surface area contributed by atoms with E-state index in [4.69, 9.17) is 4.74 Å². The quantitative estimate of drug-likeness (QED) is 0.903. The molecule has 2 rings (SSSR count). The van der Waals surface area contributed by atoms with Crippen LogP contribution in [-0.2, 0) is 4.79 Å². The number of ether oxygens (including phenoxy) is 1. The second-order valence-corrected chi connectivity index (χ2v) is 4.58. The molecule has 0 spiro atoms. The minimum atomic E-state index is 0. The molecule has 1 aromatic carbocycles. The molecule has 1 aliphatic rings. The third-order valence-corrected chi connectivity index (χ3v) is 3.21. The van der Waals surface area contributed by atoms with E-state index in [2.05, 4.69) is 10.2 Å². The van der Waals surface area contributed by atoms with E-state index in [1.807, 2.05) is 24.3 Å². The number of amides is 1. The number of hydrogen-bond donors (Lipinski definition) is 1. The molecule has 106 valence electrons. The van der Waals surface area contributed by atoms with Gasteiger partial charge in [-0.15, -0.1) is 12.4 Å². The van der Waals surface area contributed by atoms with Gasteiger partial charge in [0.05, 0.1) is 7.11 Å². The minimum Gasteiger partial charge on any atom is -0.497 e. The fourth-order valence-electron chi connectivity index (χ4n) is 2.19. The lowest BCUT2D eigenvalue weighted by molar-refractivity contribution is -0.116. The molecular formula is C14H21ClN2O2. The van der Waals surface area contributed by atoms with E-state index < -0.39 is 0 Å². The lowest BCUT2D eigenvalue weighted by atomic mass is 10.3. The zero-order valence-electron chi connectivity index (χ0n) is 11.2. The molecule has 1 N–H and O–H groups in total.